The summed E-state index contributed by atoms with van der Waals surface area (Å²) in [5.41, 5.74) is 0. The number of rotatable bonds is 14. The molecule has 3 aliphatic heterocycles. The van der Waals surface area contributed by atoms with E-state index < -0.39 is 98.8 Å². The molecule has 0 N–H and O–H groups in total. The second kappa shape index (κ2) is 96.9. The smallest absolute Gasteiger partial charge is 0.833 e. The second-order valence-corrected chi connectivity index (χ2v) is 96.2. The van der Waals surface area contributed by atoms with Gasteiger partial charge in [0.05, 0.1) is 238 Å². The van der Waals surface area contributed by atoms with E-state index in [1.165, 1.54) is 0 Å². The van der Waals surface area contributed by atoms with Gasteiger partial charge in [-0.15, -0.1) is 0 Å². The summed E-state index contributed by atoms with van der Waals surface area (Å²) in [6.45, 7) is 109. The Balaban J connectivity index is -0.000000110. The fourth-order valence-corrected chi connectivity index (χ4v) is 58.5. The van der Waals surface area contributed by atoms with Crippen LogP contribution in [-0.4, -0.2) is 350 Å². The van der Waals surface area contributed by atoms with E-state index >= 15 is 0 Å². The van der Waals surface area contributed by atoms with E-state index in [1.54, 1.807) is 0 Å². The summed E-state index contributed by atoms with van der Waals surface area (Å²) in [6.07, 6.45) is 1.75. The third-order valence-corrected chi connectivity index (χ3v) is 43.4. The molecule has 0 aromatic carbocycles. The normalized spacial score (nSPS) is 17.4. The van der Waals surface area contributed by atoms with Crippen molar-refractivity contribution in [3.8, 4) is 12.2 Å². The third-order valence-electron chi connectivity index (χ3n) is 11.2. The maximum Gasteiger partial charge on any atom is 3.00 e. The molecule has 0 atom stereocenters. The summed E-state index contributed by atoms with van der Waals surface area (Å²) in [7, 11) is -13.3. The molecule has 724 valence electrons. The average molecular weight is 2280 g/mol. The molecule has 0 aliphatic carbocycles. The molecule has 43 heteroatoms. The monoisotopic (exact) mass is 2280 g/mol. The van der Waals surface area contributed by atoms with Gasteiger partial charge < -0.3 is 128 Å². The molecule has 0 aromatic heterocycles. The van der Waals surface area contributed by atoms with E-state index in [1.807, 2.05) is 13.8 Å². The summed E-state index contributed by atoms with van der Waals surface area (Å²) in [5.74, 6) is 0. The fourth-order valence-electron chi connectivity index (χ4n) is 10.2. The first kappa shape index (κ1) is 153. The molecule has 3 fully saturated rings. The van der Waals surface area contributed by atoms with Crippen molar-refractivity contribution >= 4 is 98.8 Å². The molecule has 3 heterocycles. The van der Waals surface area contributed by atoms with Gasteiger partial charge >= 0.3 is 183 Å². The van der Waals surface area contributed by atoms with Gasteiger partial charge in [-0.05, 0) is 13.8 Å². The van der Waals surface area contributed by atoms with Crippen LogP contribution in [-0.2, 0) is 90.0 Å². The number of nitrogens with zero attached hydrogens (tertiary/aromatic N) is 6. The molecule has 3 saturated heterocycles. The molecule has 0 saturated carbocycles. The fraction of sp³-hybridized carbons (Fsp3) is 0.974. The standard InChI is InChI=1S/3C12H24O6.6C6H18NSi2.C4H10O.C2H2O2.2Gd.2K/c3*1-2-14-5-6-16-9-10-18-12-11-17-8-7-15-4-3-13-1;6*1-8(2,3)7-9(4,5)6;1-3-5-4-2;3-1-2-4;;;;/h3*1-12H2;6*1-6H3;3-4H2,1-2H3;3-4H;;;;/q;;;6*-1;;;2*+3;2*+1/p-2. The first-order valence-electron chi connectivity index (χ1n) is 42.7. The van der Waals surface area contributed by atoms with Crippen LogP contribution in [0.25, 0.3) is 27.9 Å². The van der Waals surface area contributed by atoms with Gasteiger partial charge in [0.2, 0.25) is 0 Å². The van der Waals surface area contributed by atoms with Crippen molar-refractivity contribution in [2.24, 2.45) is 0 Å². The van der Waals surface area contributed by atoms with Gasteiger partial charge in [-0.3, -0.25) is 0 Å². The average Bonchev–Trinajstić information content (AvgIpc) is 0.948. The van der Waals surface area contributed by atoms with Gasteiger partial charge in [0.25, 0.3) is 0 Å². The summed E-state index contributed by atoms with van der Waals surface area (Å²) >= 11 is 0. The minimum atomic E-state index is -1.11. The second-order valence-electron chi connectivity index (χ2n) is 38.7. The van der Waals surface area contributed by atoms with E-state index in [9.17, 15) is 0 Å². The maximum atomic E-state index is 8.62. The third kappa shape index (κ3) is 198. The zero-order valence-corrected chi connectivity index (χ0v) is 109. The van der Waals surface area contributed by atoms with Gasteiger partial charge in [0.1, 0.15) is 0 Å². The van der Waals surface area contributed by atoms with Crippen LogP contribution in [0.5, 0.6) is 0 Å². The minimum Gasteiger partial charge on any atom is -0.833 e. The summed E-state index contributed by atoms with van der Waals surface area (Å²) in [5, 5.41) is 17.2. The Morgan fingerprint density at radius 2 is 0.231 bits per heavy atom. The molecular weight excluding hydrogens is 2090 g/mol. The van der Waals surface area contributed by atoms with Gasteiger partial charge in [0.15, 0.2) is 0 Å². The molecular formula is C78H190Gd2K2N6O21Si12. The molecule has 0 spiro atoms. The Hall–Kier alpha value is 6.68. The van der Waals surface area contributed by atoms with Crippen molar-refractivity contribution < 1.29 is 283 Å². The van der Waals surface area contributed by atoms with Gasteiger partial charge in [0, 0.05) is 13.2 Å². The van der Waals surface area contributed by atoms with Crippen molar-refractivity contribution in [1.82, 2.24) is 0 Å². The Labute approximate surface area is 909 Å². The predicted molar refractivity (Wildman–Crippen MR) is 525 cm³/mol. The van der Waals surface area contributed by atoms with E-state index in [-0.39, 0.29) is 183 Å². The maximum absolute atomic E-state index is 8.62. The van der Waals surface area contributed by atoms with Crippen molar-refractivity contribution in [2.45, 2.75) is 250 Å². The summed E-state index contributed by atoms with van der Waals surface area (Å²) < 4.78 is 130. The van der Waals surface area contributed by atoms with Crippen LogP contribution >= 0.6 is 0 Å². The van der Waals surface area contributed by atoms with Gasteiger partial charge in [-0.2, -0.15) is 12.2 Å². The SMILES string of the molecule is C1COCCOCCOCCOCCOCCO1.C1COCCOCCOCCOCCOCCO1.C1COCCOCCOCCOCCOCCO1.CCOCC.C[Si](C)(C)[N-][Si](C)(C)C.C[Si](C)(C)[N-][Si](C)(C)C.C[Si](C)(C)[N-][Si](C)(C)C.C[Si](C)(C)[N-][Si](C)(C)C.C[Si](C)(C)[N-][Si](C)(C)C.C[Si](C)(C)[N-][Si](C)(C)C.[Gd+3].[Gd+3].[K+].[K+].[O-]C#C[O-]. The van der Waals surface area contributed by atoms with Crippen LogP contribution in [0.2, 0.25) is 236 Å². The summed E-state index contributed by atoms with van der Waals surface area (Å²) in [6, 6.07) is 0. The van der Waals surface area contributed by atoms with Crippen molar-refractivity contribution in [3.05, 3.63) is 27.9 Å². The van der Waals surface area contributed by atoms with Gasteiger partial charge in [-0.1, -0.05) is 335 Å². The predicted octanol–water partition coefficient (Wildman–Crippen LogP) is 11.2. The molecule has 0 bridgehead atoms. The van der Waals surface area contributed by atoms with E-state index in [2.05, 4.69) is 236 Å². The van der Waals surface area contributed by atoms with Crippen LogP contribution in [0.4, 0.5) is 0 Å². The minimum absolute atomic E-state index is 0. The zero-order valence-electron chi connectivity index (χ0n) is 85.8. The molecule has 3 aliphatic rings. The van der Waals surface area contributed by atoms with E-state index in [0.717, 1.165) is 25.4 Å². The first-order chi connectivity index (χ1) is 53.6. The molecule has 27 nitrogen and oxygen atoms in total. The topological polar surface area (TPSA) is 306 Å². The number of hydrogen-bond acceptors (Lipinski definition) is 21. The molecule has 2 radical (unpaired) electrons. The van der Waals surface area contributed by atoms with Crippen LogP contribution < -0.4 is 113 Å². The summed E-state index contributed by atoms with van der Waals surface area (Å²) in [4.78, 5) is 0. The largest absolute Gasteiger partial charge is 3.00 e. The van der Waals surface area contributed by atoms with Crippen LogP contribution in [0, 0.1) is 92.1 Å². The van der Waals surface area contributed by atoms with Crippen molar-refractivity contribution in [3.63, 3.8) is 0 Å². The van der Waals surface area contributed by atoms with Crippen LogP contribution in [0.3, 0.4) is 0 Å². The Morgan fingerprint density at radius 1 is 0.174 bits per heavy atom. The molecule has 0 unspecified atom stereocenters. The number of ether oxygens (including phenoxy) is 19. The molecule has 3 rings (SSSR count). The van der Waals surface area contributed by atoms with Crippen LogP contribution in [0.1, 0.15) is 13.8 Å². The Morgan fingerprint density at radius 3 is 0.248 bits per heavy atom. The Kier molecular flexibility index (Phi) is 123. The Bertz CT molecular complexity index is 1540. The van der Waals surface area contributed by atoms with E-state index in [0.29, 0.717) is 238 Å². The zero-order chi connectivity index (χ0) is 92.0. The molecule has 121 heavy (non-hydrogen) atoms. The first-order valence-corrected chi connectivity index (χ1v) is 84.1. The van der Waals surface area contributed by atoms with Crippen LogP contribution in [0.15, 0.2) is 0 Å². The van der Waals surface area contributed by atoms with E-state index in [4.69, 9.17) is 128 Å². The molecule has 0 aromatic rings. The number of hydrogen-bond donors (Lipinski definition) is 0. The quantitative estimate of drug-likeness (QED) is 0.115. The molecule has 0 amide bonds. The van der Waals surface area contributed by atoms with Crippen molar-refractivity contribution in [2.75, 3.05) is 251 Å². The van der Waals surface area contributed by atoms with Gasteiger partial charge in [-0.25, -0.2) is 0 Å². The van der Waals surface area contributed by atoms with Crippen molar-refractivity contribution in [1.29, 1.82) is 0 Å².